The van der Waals surface area contributed by atoms with E-state index in [1.807, 2.05) is 6.07 Å². The number of fused-ring (bicyclic) bond motifs is 1. The average Bonchev–Trinajstić information content (AvgIpc) is 3.06. The van der Waals surface area contributed by atoms with Crippen LogP contribution < -0.4 is 9.47 Å². The molecule has 0 spiro atoms. The van der Waals surface area contributed by atoms with Crippen LogP contribution in [-0.4, -0.2) is 31.3 Å². The van der Waals surface area contributed by atoms with Gasteiger partial charge in [-0.25, -0.2) is 0 Å². The van der Waals surface area contributed by atoms with Gasteiger partial charge >= 0.3 is 0 Å². The second-order valence-corrected chi connectivity index (χ2v) is 6.01. The summed E-state index contributed by atoms with van der Waals surface area (Å²) in [6.07, 6.45) is 3.35. The van der Waals surface area contributed by atoms with Crippen molar-refractivity contribution in [1.29, 1.82) is 0 Å². The van der Waals surface area contributed by atoms with E-state index in [1.165, 1.54) is 17.5 Å². The molecule has 130 valence electrons. The third kappa shape index (κ3) is 5.15. The predicted molar refractivity (Wildman–Crippen MR) is 100 cm³/mol. The van der Waals surface area contributed by atoms with Crippen LogP contribution in [0.5, 0.6) is 11.5 Å². The molecule has 0 saturated heterocycles. The van der Waals surface area contributed by atoms with Gasteiger partial charge < -0.3 is 14.4 Å². The Hall–Kier alpha value is -1.71. The van der Waals surface area contributed by atoms with Gasteiger partial charge in [-0.3, -0.25) is 0 Å². The maximum atomic E-state index is 5.46. The minimum Gasteiger partial charge on any atom is -0.454 e. The summed E-state index contributed by atoms with van der Waals surface area (Å²) in [5.41, 5.74) is 2.73. The lowest BCUT2D eigenvalue weighted by atomic mass is 10.1. The van der Waals surface area contributed by atoms with Crippen molar-refractivity contribution in [2.45, 2.75) is 26.2 Å². The van der Waals surface area contributed by atoms with Crippen LogP contribution in [0.25, 0.3) is 0 Å². The van der Waals surface area contributed by atoms with E-state index in [0.29, 0.717) is 6.79 Å². The standard InChI is InChI=1S/C20H25NO2.ClH/c1-2-12-21(13-10-17-6-4-3-5-7-17)14-11-18-8-9-19-20(15-18)23-16-22-19;/h3-9,15H,2,10-14,16H2,1H3;1H. The zero-order valence-corrected chi connectivity index (χ0v) is 15.1. The lowest BCUT2D eigenvalue weighted by Gasteiger charge is -2.21. The number of halogens is 1. The molecule has 0 bridgehead atoms. The first-order valence-corrected chi connectivity index (χ1v) is 8.50. The molecule has 3 nitrogen and oxygen atoms in total. The highest BCUT2D eigenvalue weighted by molar-refractivity contribution is 5.85. The molecule has 0 aromatic heterocycles. The Kier molecular flexibility index (Phi) is 7.41. The van der Waals surface area contributed by atoms with Crippen LogP contribution in [0.1, 0.15) is 24.5 Å². The van der Waals surface area contributed by atoms with Gasteiger partial charge in [0.1, 0.15) is 0 Å². The fourth-order valence-electron chi connectivity index (χ4n) is 2.97. The maximum absolute atomic E-state index is 5.46. The molecule has 0 unspecified atom stereocenters. The van der Waals surface area contributed by atoms with E-state index in [-0.39, 0.29) is 12.4 Å². The van der Waals surface area contributed by atoms with E-state index in [4.69, 9.17) is 9.47 Å². The van der Waals surface area contributed by atoms with Gasteiger partial charge in [0.05, 0.1) is 0 Å². The molecule has 0 radical (unpaired) electrons. The highest BCUT2D eigenvalue weighted by atomic mass is 35.5. The topological polar surface area (TPSA) is 21.7 Å². The zero-order chi connectivity index (χ0) is 15.9. The Labute approximate surface area is 151 Å². The Bertz CT molecular complexity index is 618. The number of hydrogen-bond donors (Lipinski definition) is 0. The minimum atomic E-state index is 0. The number of benzene rings is 2. The molecule has 0 N–H and O–H groups in total. The van der Waals surface area contributed by atoms with Crippen molar-refractivity contribution in [3.05, 3.63) is 59.7 Å². The minimum absolute atomic E-state index is 0. The van der Waals surface area contributed by atoms with Crippen LogP contribution in [0.4, 0.5) is 0 Å². The van der Waals surface area contributed by atoms with Gasteiger partial charge in [0, 0.05) is 13.1 Å². The average molecular weight is 348 g/mol. The molecule has 0 amide bonds. The highest BCUT2D eigenvalue weighted by Gasteiger charge is 2.13. The van der Waals surface area contributed by atoms with Crippen molar-refractivity contribution in [3.8, 4) is 11.5 Å². The SMILES string of the molecule is CCCN(CCc1ccccc1)CCc1ccc2c(c1)OCO2.Cl. The Balaban J connectivity index is 0.00000208. The summed E-state index contributed by atoms with van der Waals surface area (Å²) in [6.45, 7) is 5.94. The molecule has 4 heteroatoms. The summed E-state index contributed by atoms with van der Waals surface area (Å²) in [5, 5.41) is 0. The van der Waals surface area contributed by atoms with E-state index >= 15 is 0 Å². The number of hydrogen-bond acceptors (Lipinski definition) is 3. The summed E-state index contributed by atoms with van der Waals surface area (Å²) in [6, 6.07) is 17.0. The summed E-state index contributed by atoms with van der Waals surface area (Å²) in [5.74, 6) is 1.75. The molecule has 0 aliphatic carbocycles. The normalized spacial score (nSPS) is 12.2. The van der Waals surface area contributed by atoms with Gasteiger partial charge in [-0.05, 0) is 49.1 Å². The molecule has 3 rings (SSSR count). The molecule has 2 aromatic rings. The fourth-order valence-corrected chi connectivity index (χ4v) is 2.97. The van der Waals surface area contributed by atoms with Crippen molar-refractivity contribution in [3.63, 3.8) is 0 Å². The van der Waals surface area contributed by atoms with Gasteiger partial charge in [-0.15, -0.1) is 12.4 Å². The fraction of sp³-hybridized carbons (Fsp3) is 0.400. The van der Waals surface area contributed by atoms with E-state index < -0.39 is 0 Å². The molecule has 0 fully saturated rings. The number of nitrogens with zero attached hydrogens (tertiary/aromatic N) is 1. The molecule has 24 heavy (non-hydrogen) atoms. The second kappa shape index (κ2) is 9.55. The van der Waals surface area contributed by atoms with Crippen LogP contribution in [0, 0.1) is 0 Å². The quantitative estimate of drug-likeness (QED) is 0.709. The van der Waals surface area contributed by atoms with Gasteiger partial charge in [0.25, 0.3) is 0 Å². The smallest absolute Gasteiger partial charge is 0.231 e. The van der Waals surface area contributed by atoms with Gasteiger partial charge in [0.2, 0.25) is 6.79 Å². The third-order valence-electron chi connectivity index (χ3n) is 4.25. The summed E-state index contributed by atoms with van der Waals surface area (Å²) in [7, 11) is 0. The molecular weight excluding hydrogens is 322 g/mol. The van der Waals surface area contributed by atoms with E-state index in [9.17, 15) is 0 Å². The molecule has 1 aliphatic rings. The van der Waals surface area contributed by atoms with Crippen LogP contribution in [0.3, 0.4) is 0 Å². The van der Waals surface area contributed by atoms with E-state index in [2.05, 4.69) is 54.3 Å². The maximum Gasteiger partial charge on any atom is 0.231 e. The van der Waals surface area contributed by atoms with Crippen molar-refractivity contribution in [2.24, 2.45) is 0 Å². The van der Waals surface area contributed by atoms with Gasteiger partial charge in [-0.2, -0.15) is 0 Å². The van der Waals surface area contributed by atoms with Crippen molar-refractivity contribution in [1.82, 2.24) is 4.90 Å². The van der Waals surface area contributed by atoms with Crippen LogP contribution >= 0.6 is 12.4 Å². The Morgan fingerprint density at radius 1 is 0.833 bits per heavy atom. The molecule has 2 aromatic carbocycles. The predicted octanol–water partition coefficient (Wildman–Crippen LogP) is 4.33. The number of rotatable bonds is 8. The second-order valence-electron chi connectivity index (χ2n) is 6.01. The Morgan fingerprint density at radius 2 is 1.54 bits per heavy atom. The third-order valence-corrected chi connectivity index (χ3v) is 4.25. The first-order chi connectivity index (χ1) is 11.3. The molecule has 1 heterocycles. The first-order valence-electron chi connectivity index (χ1n) is 8.50. The lowest BCUT2D eigenvalue weighted by Crippen LogP contribution is -2.29. The highest BCUT2D eigenvalue weighted by Crippen LogP contribution is 2.32. The molecule has 0 atom stereocenters. The van der Waals surface area contributed by atoms with E-state index in [1.54, 1.807) is 0 Å². The van der Waals surface area contributed by atoms with Crippen LogP contribution in [-0.2, 0) is 12.8 Å². The van der Waals surface area contributed by atoms with Crippen molar-refractivity contribution in [2.75, 3.05) is 26.4 Å². The summed E-state index contributed by atoms with van der Waals surface area (Å²) < 4.78 is 10.8. The molecule has 0 saturated carbocycles. The zero-order valence-electron chi connectivity index (χ0n) is 14.2. The number of ether oxygens (including phenoxy) is 2. The van der Waals surface area contributed by atoms with Crippen molar-refractivity contribution < 1.29 is 9.47 Å². The Morgan fingerprint density at radius 3 is 2.29 bits per heavy atom. The molecular formula is C20H26ClNO2. The van der Waals surface area contributed by atoms with Gasteiger partial charge in [-0.1, -0.05) is 43.3 Å². The summed E-state index contributed by atoms with van der Waals surface area (Å²) >= 11 is 0. The largest absolute Gasteiger partial charge is 0.454 e. The van der Waals surface area contributed by atoms with Crippen molar-refractivity contribution >= 4 is 12.4 Å². The van der Waals surface area contributed by atoms with Gasteiger partial charge in [0.15, 0.2) is 11.5 Å². The van der Waals surface area contributed by atoms with Crippen LogP contribution in [0.15, 0.2) is 48.5 Å². The van der Waals surface area contributed by atoms with Crippen LogP contribution in [0.2, 0.25) is 0 Å². The monoisotopic (exact) mass is 347 g/mol. The lowest BCUT2D eigenvalue weighted by molar-refractivity contribution is 0.174. The summed E-state index contributed by atoms with van der Waals surface area (Å²) in [4.78, 5) is 2.55. The van der Waals surface area contributed by atoms with E-state index in [0.717, 1.165) is 44.0 Å². The molecule has 1 aliphatic heterocycles. The first kappa shape index (κ1) is 18.6.